The first-order valence-electron chi connectivity index (χ1n) is 6.73. The molecule has 0 radical (unpaired) electrons. The third kappa shape index (κ3) is 2.42. The van der Waals surface area contributed by atoms with Gasteiger partial charge in [-0.15, -0.1) is 0 Å². The molecule has 0 aliphatic carbocycles. The molecule has 0 unspecified atom stereocenters. The van der Waals surface area contributed by atoms with Crippen molar-refractivity contribution in [2.75, 3.05) is 0 Å². The van der Waals surface area contributed by atoms with E-state index in [1.807, 2.05) is 0 Å². The molecule has 0 saturated heterocycles. The van der Waals surface area contributed by atoms with Crippen LogP contribution in [-0.4, -0.2) is 29.7 Å². The molecule has 1 aromatic carbocycles. The molecule has 2 heterocycles. The second kappa shape index (κ2) is 5.53. The van der Waals surface area contributed by atoms with Crippen molar-refractivity contribution in [2.24, 2.45) is 0 Å². The summed E-state index contributed by atoms with van der Waals surface area (Å²) < 4.78 is 1.33. The smallest absolute Gasteiger partial charge is 0.281 e. The lowest BCUT2D eigenvalue weighted by Crippen LogP contribution is -2.28. The Morgan fingerprint density at radius 2 is 1.77 bits per heavy atom. The van der Waals surface area contributed by atoms with Crippen molar-refractivity contribution >= 4 is 11.2 Å². The number of hydrogen-bond acceptors (Lipinski definition) is 6. The fraction of sp³-hybridized carbons (Fsp3) is 0.200. The van der Waals surface area contributed by atoms with Crippen LogP contribution in [0.2, 0.25) is 0 Å². The van der Waals surface area contributed by atoms with Gasteiger partial charge in [0.05, 0.1) is 12.1 Å². The zero-order chi connectivity index (χ0) is 15.7. The van der Waals surface area contributed by atoms with Crippen LogP contribution in [-0.2, 0) is 0 Å². The molecule has 7 heteroatoms. The van der Waals surface area contributed by atoms with E-state index in [-0.39, 0.29) is 22.5 Å². The van der Waals surface area contributed by atoms with E-state index in [1.165, 1.54) is 35.4 Å². The van der Waals surface area contributed by atoms with Crippen molar-refractivity contribution in [1.82, 2.24) is 19.5 Å². The van der Waals surface area contributed by atoms with E-state index >= 15 is 0 Å². The van der Waals surface area contributed by atoms with E-state index in [2.05, 4.69) is 15.0 Å². The maximum absolute atomic E-state index is 12.4. The predicted octanol–water partition coefficient (Wildman–Crippen LogP) is 1.19. The highest BCUT2D eigenvalue weighted by Gasteiger charge is 2.20. The van der Waals surface area contributed by atoms with Gasteiger partial charge in [0, 0.05) is 12.4 Å². The fourth-order valence-electron chi connectivity index (χ4n) is 2.26. The molecule has 0 aliphatic rings. The number of rotatable bonds is 3. The highest BCUT2D eigenvalue weighted by Crippen LogP contribution is 2.26. The van der Waals surface area contributed by atoms with Gasteiger partial charge in [-0.3, -0.25) is 9.36 Å². The third-order valence-corrected chi connectivity index (χ3v) is 3.55. The Balaban J connectivity index is 2.01. The molecule has 0 fully saturated rings. The van der Waals surface area contributed by atoms with E-state index in [0.29, 0.717) is 5.56 Å². The first kappa shape index (κ1) is 14.2. The van der Waals surface area contributed by atoms with Gasteiger partial charge in [0.2, 0.25) is 0 Å². The summed E-state index contributed by atoms with van der Waals surface area (Å²) in [6, 6.07) is 5.64. The van der Waals surface area contributed by atoms with Crippen LogP contribution in [0, 0.1) is 0 Å². The van der Waals surface area contributed by atoms with Crippen LogP contribution in [0.3, 0.4) is 0 Å². The van der Waals surface area contributed by atoms with Crippen LogP contribution >= 0.6 is 0 Å². The summed E-state index contributed by atoms with van der Waals surface area (Å²) in [6.45, 7) is 1.71. The van der Waals surface area contributed by atoms with E-state index < -0.39 is 12.1 Å². The van der Waals surface area contributed by atoms with Crippen LogP contribution in [0.15, 0.2) is 47.8 Å². The molecule has 0 saturated carbocycles. The summed E-state index contributed by atoms with van der Waals surface area (Å²) in [5.41, 5.74) is 0.671. The number of benzene rings is 1. The molecule has 7 nitrogen and oxygen atoms in total. The number of phenols is 1. The molecular formula is C15H14N4O3. The fourth-order valence-corrected chi connectivity index (χ4v) is 2.26. The predicted molar refractivity (Wildman–Crippen MR) is 79.4 cm³/mol. The van der Waals surface area contributed by atoms with Crippen LogP contribution < -0.4 is 5.56 Å². The lowest BCUT2D eigenvalue weighted by molar-refractivity contribution is 0.120. The summed E-state index contributed by atoms with van der Waals surface area (Å²) in [5, 5.41) is 19.7. The van der Waals surface area contributed by atoms with Gasteiger partial charge in [-0.2, -0.15) is 0 Å². The Labute approximate surface area is 125 Å². The van der Waals surface area contributed by atoms with Gasteiger partial charge in [-0.05, 0) is 24.6 Å². The van der Waals surface area contributed by atoms with Crippen LogP contribution in [0.5, 0.6) is 5.75 Å². The Hall–Kier alpha value is -2.80. The number of aromatic hydroxyl groups is 1. The van der Waals surface area contributed by atoms with Crippen molar-refractivity contribution in [2.45, 2.75) is 19.1 Å². The topological polar surface area (TPSA) is 101 Å². The van der Waals surface area contributed by atoms with Crippen molar-refractivity contribution in [3.8, 4) is 5.75 Å². The van der Waals surface area contributed by atoms with Crippen LogP contribution in [0.4, 0.5) is 0 Å². The largest absolute Gasteiger partial charge is 0.508 e. The number of aliphatic hydroxyl groups excluding tert-OH is 1. The minimum absolute atomic E-state index is 0.114. The van der Waals surface area contributed by atoms with E-state index in [0.717, 1.165) is 0 Å². The molecule has 112 valence electrons. The molecule has 2 atom stereocenters. The zero-order valence-corrected chi connectivity index (χ0v) is 11.8. The molecule has 2 aromatic heterocycles. The lowest BCUT2D eigenvalue weighted by atomic mass is 10.0. The normalized spacial score (nSPS) is 13.9. The van der Waals surface area contributed by atoms with Crippen LogP contribution in [0.25, 0.3) is 11.2 Å². The molecule has 0 aliphatic heterocycles. The first-order valence-corrected chi connectivity index (χ1v) is 6.73. The Bertz CT molecular complexity index is 861. The average molecular weight is 298 g/mol. The monoisotopic (exact) mass is 298 g/mol. The molecule has 0 bridgehead atoms. The van der Waals surface area contributed by atoms with Gasteiger partial charge >= 0.3 is 0 Å². The molecular weight excluding hydrogens is 284 g/mol. The highest BCUT2D eigenvalue weighted by molar-refractivity contribution is 5.66. The Morgan fingerprint density at radius 1 is 1.09 bits per heavy atom. The summed E-state index contributed by atoms with van der Waals surface area (Å²) in [4.78, 5) is 24.5. The van der Waals surface area contributed by atoms with Crippen LogP contribution in [0.1, 0.15) is 24.6 Å². The molecule has 2 N–H and O–H groups in total. The summed E-state index contributed by atoms with van der Waals surface area (Å²) in [6.07, 6.45) is 3.33. The standard InChI is InChI=1S/C15H14N4O3/c1-9(13(21)10-2-4-11(20)5-3-10)19-8-18-14-12(15(19)22)16-6-7-17-14/h2-9,13,20-21H,1H3/t9-,13-/m1/s1. The highest BCUT2D eigenvalue weighted by atomic mass is 16.3. The van der Waals surface area contributed by atoms with Gasteiger partial charge in [-0.1, -0.05) is 12.1 Å². The van der Waals surface area contributed by atoms with Crippen molar-refractivity contribution in [1.29, 1.82) is 0 Å². The quantitative estimate of drug-likeness (QED) is 0.753. The number of fused-ring (bicyclic) bond motifs is 1. The maximum Gasteiger partial charge on any atom is 0.281 e. The van der Waals surface area contributed by atoms with Gasteiger partial charge in [0.1, 0.15) is 12.1 Å². The minimum atomic E-state index is -0.922. The van der Waals surface area contributed by atoms with Gasteiger partial charge in [0.15, 0.2) is 11.2 Å². The molecule has 0 amide bonds. The van der Waals surface area contributed by atoms with Gasteiger partial charge in [0.25, 0.3) is 5.56 Å². The summed E-state index contributed by atoms with van der Waals surface area (Å²) >= 11 is 0. The summed E-state index contributed by atoms with van der Waals surface area (Å²) in [7, 11) is 0. The van der Waals surface area contributed by atoms with E-state index in [1.54, 1.807) is 19.1 Å². The Kier molecular flexibility index (Phi) is 3.56. The number of aliphatic hydroxyl groups is 1. The minimum Gasteiger partial charge on any atom is -0.508 e. The van der Waals surface area contributed by atoms with Gasteiger partial charge < -0.3 is 10.2 Å². The summed E-state index contributed by atoms with van der Waals surface area (Å²) in [5.74, 6) is 0.114. The Morgan fingerprint density at radius 3 is 2.50 bits per heavy atom. The zero-order valence-electron chi connectivity index (χ0n) is 11.8. The average Bonchev–Trinajstić information content (AvgIpc) is 2.55. The molecule has 0 spiro atoms. The van der Waals surface area contributed by atoms with E-state index in [9.17, 15) is 15.0 Å². The second-order valence-electron chi connectivity index (χ2n) is 4.96. The first-order chi connectivity index (χ1) is 10.6. The van der Waals surface area contributed by atoms with Crippen molar-refractivity contribution in [3.05, 3.63) is 58.9 Å². The van der Waals surface area contributed by atoms with Gasteiger partial charge in [-0.25, -0.2) is 15.0 Å². The third-order valence-electron chi connectivity index (χ3n) is 3.55. The van der Waals surface area contributed by atoms with E-state index in [4.69, 9.17) is 0 Å². The molecule has 22 heavy (non-hydrogen) atoms. The number of hydrogen-bond donors (Lipinski definition) is 2. The number of phenolic OH excluding ortho intramolecular Hbond substituents is 1. The van der Waals surface area contributed by atoms with Crippen molar-refractivity contribution < 1.29 is 10.2 Å². The SMILES string of the molecule is C[C@H]([C@@H](O)c1ccc(O)cc1)n1cnc2nccnc2c1=O. The number of nitrogens with zero attached hydrogens (tertiary/aromatic N) is 4. The lowest BCUT2D eigenvalue weighted by Gasteiger charge is -2.21. The molecule has 3 rings (SSSR count). The molecule has 3 aromatic rings. The number of aromatic nitrogens is 4. The van der Waals surface area contributed by atoms with Crippen molar-refractivity contribution in [3.63, 3.8) is 0 Å². The maximum atomic E-state index is 12.4. The second-order valence-corrected chi connectivity index (χ2v) is 4.96.